The molecule has 4 rings (SSSR count). The van der Waals surface area contributed by atoms with E-state index in [1.54, 1.807) is 13.3 Å². The maximum atomic E-state index is 12.6. The van der Waals surface area contributed by atoms with Crippen molar-refractivity contribution < 1.29 is 14.3 Å². The van der Waals surface area contributed by atoms with Crippen LogP contribution in [0.5, 0.6) is 5.88 Å². The Balaban J connectivity index is 1.41. The van der Waals surface area contributed by atoms with Crippen LogP contribution in [-0.2, 0) is 4.74 Å². The van der Waals surface area contributed by atoms with Crippen molar-refractivity contribution in [3.05, 3.63) is 59.6 Å². The van der Waals surface area contributed by atoms with E-state index in [-0.39, 0.29) is 5.91 Å². The first kappa shape index (κ1) is 18.5. The SMILES string of the molecule is COc1ccc(-c2ccc(C(=O)Nc3ccc(N4CCOCC4)cc3)s2)cn1. The number of pyridine rings is 1. The molecule has 3 heterocycles. The molecule has 28 heavy (non-hydrogen) atoms. The van der Waals surface area contributed by atoms with Gasteiger partial charge in [-0.3, -0.25) is 4.79 Å². The number of hydrogen-bond acceptors (Lipinski definition) is 6. The normalized spacial score (nSPS) is 14.0. The molecule has 0 spiro atoms. The number of anilines is 2. The number of benzene rings is 1. The van der Waals surface area contributed by atoms with Gasteiger partial charge in [0, 0.05) is 47.2 Å². The minimum atomic E-state index is -0.114. The van der Waals surface area contributed by atoms with Gasteiger partial charge in [0.25, 0.3) is 5.91 Å². The Hall–Kier alpha value is -2.90. The lowest BCUT2D eigenvalue weighted by Crippen LogP contribution is -2.36. The van der Waals surface area contributed by atoms with Crippen LogP contribution < -0.4 is 15.0 Å². The number of ether oxygens (including phenoxy) is 2. The van der Waals surface area contributed by atoms with Crippen molar-refractivity contribution >= 4 is 28.6 Å². The summed E-state index contributed by atoms with van der Waals surface area (Å²) < 4.78 is 10.5. The molecule has 0 unspecified atom stereocenters. The minimum Gasteiger partial charge on any atom is -0.481 e. The van der Waals surface area contributed by atoms with Crippen molar-refractivity contribution in [2.24, 2.45) is 0 Å². The molecule has 1 aromatic carbocycles. The zero-order valence-electron chi connectivity index (χ0n) is 15.6. The Bertz CT molecular complexity index is 932. The Morgan fingerprint density at radius 3 is 2.57 bits per heavy atom. The molecule has 0 saturated carbocycles. The maximum absolute atomic E-state index is 12.6. The summed E-state index contributed by atoms with van der Waals surface area (Å²) in [4.78, 5) is 20.7. The Morgan fingerprint density at radius 1 is 1.11 bits per heavy atom. The Morgan fingerprint density at radius 2 is 1.89 bits per heavy atom. The summed E-state index contributed by atoms with van der Waals surface area (Å²) in [6.07, 6.45) is 1.75. The third-order valence-electron chi connectivity index (χ3n) is 4.56. The second kappa shape index (κ2) is 8.41. The first-order valence-corrected chi connectivity index (χ1v) is 9.89. The lowest BCUT2D eigenvalue weighted by Gasteiger charge is -2.28. The fourth-order valence-electron chi connectivity index (χ4n) is 3.03. The van der Waals surface area contributed by atoms with Gasteiger partial charge in [0.1, 0.15) is 0 Å². The van der Waals surface area contributed by atoms with E-state index < -0.39 is 0 Å². The largest absolute Gasteiger partial charge is 0.481 e. The smallest absolute Gasteiger partial charge is 0.265 e. The fourth-order valence-corrected chi connectivity index (χ4v) is 3.92. The van der Waals surface area contributed by atoms with Crippen LogP contribution >= 0.6 is 11.3 Å². The van der Waals surface area contributed by atoms with Crippen molar-refractivity contribution in [1.82, 2.24) is 4.98 Å². The lowest BCUT2D eigenvalue weighted by molar-refractivity contribution is 0.103. The van der Waals surface area contributed by atoms with Gasteiger partial charge in [-0.15, -0.1) is 11.3 Å². The van der Waals surface area contributed by atoms with Gasteiger partial charge < -0.3 is 19.7 Å². The van der Waals surface area contributed by atoms with E-state index in [0.29, 0.717) is 10.8 Å². The highest BCUT2D eigenvalue weighted by molar-refractivity contribution is 7.17. The van der Waals surface area contributed by atoms with Crippen LogP contribution in [-0.4, -0.2) is 44.3 Å². The molecule has 0 aliphatic carbocycles. The highest BCUT2D eigenvalue weighted by Gasteiger charge is 2.13. The first-order chi connectivity index (χ1) is 13.7. The molecule has 1 amide bonds. The topological polar surface area (TPSA) is 63.7 Å². The molecule has 6 nitrogen and oxygen atoms in total. The maximum Gasteiger partial charge on any atom is 0.265 e. The van der Waals surface area contributed by atoms with Crippen molar-refractivity contribution in [1.29, 1.82) is 0 Å². The summed E-state index contributed by atoms with van der Waals surface area (Å²) in [7, 11) is 1.59. The first-order valence-electron chi connectivity index (χ1n) is 9.07. The number of hydrogen-bond donors (Lipinski definition) is 1. The lowest BCUT2D eigenvalue weighted by atomic mass is 10.2. The zero-order chi connectivity index (χ0) is 19.3. The van der Waals surface area contributed by atoms with Gasteiger partial charge in [-0.05, 0) is 42.5 Å². The number of rotatable bonds is 5. The molecule has 1 aliphatic heterocycles. The van der Waals surface area contributed by atoms with Crippen LogP contribution in [0.4, 0.5) is 11.4 Å². The number of nitrogens with one attached hydrogen (secondary N) is 1. The van der Waals surface area contributed by atoms with E-state index >= 15 is 0 Å². The monoisotopic (exact) mass is 395 g/mol. The molecule has 3 aromatic rings. The second-order valence-electron chi connectivity index (χ2n) is 6.35. The Kier molecular flexibility index (Phi) is 5.55. The number of methoxy groups -OCH3 is 1. The minimum absolute atomic E-state index is 0.114. The summed E-state index contributed by atoms with van der Waals surface area (Å²) in [6.45, 7) is 3.29. The number of carbonyl (C=O) groups excluding carboxylic acids is 1. The summed E-state index contributed by atoms with van der Waals surface area (Å²) in [6, 6.07) is 15.4. The highest BCUT2D eigenvalue weighted by atomic mass is 32.1. The van der Waals surface area contributed by atoms with Crippen LogP contribution in [0.1, 0.15) is 9.67 Å². The van der Waals surface area contributed by atoms with Gasteiger partial charge >= 0.3 is 0 Å². The molecule has 0 atom stereocenters. The molecule has 1 saturated heterocycles. The molecular formula is C21H21N3O3S. The predicted molar refractivity (Wildman–Crippen MR) is 112 cm³/mol. The highest BCUT2D eigenvalue weighted by Crippen LogP contribution is 2.29. The average molecular weight is 395 g/mol. The molecular weight excluding hydrogens is 374 g/mol. The summed E-state index contributed by atoms with van der Waals surface area (Å²) in [5.74, 6) is 0.454. The number of aromatic nitrogens is 1. The number of nitrogens with zero attached hydrogens (tertiary/aromatic N) is 2. The van der Waals surface area contributed by atoms with Gasteiger partial charge in [-0.1, -0.05) is 0 Å². The van der Waals surface area contributed by atoms with E-state index in [2.05, 4.69) is 15.2 Å². The van der Waals surface area contributed by atoms with E-state index in [9.17, 15) is 4.79 Å². The fraction of sp³-hybridized carbons (Fsp3) is 0.238. The van der Waals surface area contributed by atoms with Crippen LogP contribution in [0.15, 0.2) is 54.7 Å². The summed E-state index contributed by atoms with van der Waals surface area (Å²) in [5, 5.41) is 2.96. The number of amides is 1. The standard InChI is InChI=1S/C21H21N3O3S/c1-26-20-9-2-15(14-22-20)18-7-8-19(28-18)21(25)23-16-3-5-17(6-4-16)24-10-12-27-13-11-24/h2-9,14H,10-13H2,1H3,(H,23,25). The quantitative estimate of drug-likeness (QED) is 0.710. The molecule has 1 fully saturated rings. The second-order valence-corrected chi connectivity index (χ2v) is 7.44. The van der Waals surface area contributed by atoms with Gasteiger partial charge in [-0.25, -0.2) is 4.98 Å². The van der Waals surface area contributed by atoms with Gasteiger partial charge in [0.15, 0.2) is 0 Å². The van der Waals surface area contributed by atoms with E-state index in [4.69, 9.17) is 9.47 Å². The van der Waals surface area contributed by atoms with Crippen LogP contribution in [0.2, 0.25) is 0 Å². The van der Waals surface area contributed by atoms with Crippen molar-refractivity contribution in [2.75, 3.05) is 43.6 Å². The molecule has 1 aliphatic rings. The van der Waals surface area contributed by atoms with Crippen molar-refractivity contribution in [3.63, 3.8) is 0 Å². The average Bonchev–Trinajstić information content (AvgIpc) is 3.25. The molecule has 144 valence electrons. The number of thiophene rings is 1. The molecule has 1 N–H and O–H groups in total. The summed E-state index contributed by atoms with van der Waals surface area (Å²) in [5.41, 5.74) is 2.88. The van der Waals surface area contributed by atoms with Gasteiger partial charge in [0.05, 0.1) is 25.2 Å². The molecule has 7 heteroatoms. The van der Waals surface area contributed by atoms with Gasteiger partial charge in [0.2, 0.25) is 5.88 Å². The Labute approximate surface area is 167 Å². The molecule has 0 bridgehead atoms. The van der Waals surface area contributed by atoms with E-state index in [1.807, 2.05) is 48.5 Å². The van der Waals surface area contributed by atoms with E-state index in [0.717, 1.165) is 48.1 Å². The van der Waals surface area contributed by atoms with E-state index in [1.165, 1.54) is 11.3 Å². The third kappa shape index (κ3) is 4.16. The number of carbonyl (C=O) groups is 1. The van der Waals surface area contributed by atoms with Crippen molar-refractivity contribution in [3.8, 4) is 16.3 Å². The van der Waals surface area contributed by atoms with Crippen LogP contribution in [0.25, 0.3) is 10.4 Å². The van der Waals surface area contributed by atoms with Crippen LogP contribution in [0, 0.1) is 0 Å². The van der Waals surface area contributed by atoms with Gasteiger partial charge in [-0.2, -0.15) is 0 Å². The van der Waals surface area contributed by atoms with Crippen LogP contribution in [0.3, 0.4) is 0 Å². The summed E-state index contributed by atoms with van der Waals surface area (Å²) >= 11 is 1.44. The van der Waals surface area contributed by atoms with Crippen molar-refractivity contribution in [2.45, 2.75) is 0 Å². The predicted octanol–water partition coefficient (Wildman–Crippen LogP) is 3.91. The number of morpholine rings is 1. The molecule has 0 radical (unpaired) electrons. The zero-order valence-corrected chi connectivity index (χ0v) is 16.4. The molecule has 2 aromatic heterocycles. The third-order valence-corrected chi connectivity index (χ3v) is 5.69.